The van der Waals surface area contributed by atoms with E-state index in [9.17, 15) is 4.79 Å². The van der Waals surface area contributed by atoms with Crippen LogP contribution >= 0.6 is 0 Å². The number of amides is 1. The van der Waals surface area contributed by atoms with E-state index in [0.717, 1.165) is 12.0 Å². The molecular formula is C18H19NO2. The second-order valence-electron chi connectivity index (χ2n) is 4.76. The standard InChI is InChI=1S/C18H19NO2/c1-19(21-2)18(20)13-12-15-8-10-17(11-9-15)14-16-6-4-3-5-7-16/h3-13H,14H2,1-2H3/b13-12+. The van der Waals surface area contributed by atoms with Crippen molar-refractivity contribution in [2.45, 2.75) is 6.42 Å². The monoisotopic (exact) mass is 281 g/mol. The molecule has 0 N–H and O–H groups in total. The molecule has 3 nitrogen and oxygen atoms in total. The third-order valence-electron chi connectivity index (χ3n) is 3.23. The van der Waals surface area contributed by atoms with Gasteiger partial charge in [-0.3, -0.25) is 9.63 Å². The Morgan fingerprint density at radius 1 is 1.05 bits per heavy atom. The quantitative estimate of drug-likeness (QED) is 0.621. The maximum Gasteiger partial charge on any atom is 0.269 e. The topological polar surface area (TPSA) is 29.5 Å². The summed E-state index contributed by atoms with van der Waals surface area (Å²) in [4.78, 5) is 16.4. The van der Waals surface area contributed by atoms with Crippen molar-refractivity contribution in [3.63, 3.8) is 0 Å². The molecule has 0 unspecified atom stereocenters. The van der Waals surface area contributed by atoms with E-state index < -0.39 is 0 Å². The van der Waals surface area contributed by atoms with Crippen molar-refractivity contribution in [2.24, 2.45) is 0 Å². The average molecular weight is 281 g/mol. The molecule has 108 valence electrons. The van der Waals surface area contributed by atoms with Crippen LogP contribution in [-0.4, -0.2) is 25.1 Å². The Kier molecular flexibility index (Phi) is 5.29. The van der Waals surface area contributed by atoms with E-state index in [4.69, 9.17) is 4.84 Å². The van der Waals surface area contributed by atoms with Crippen molar-refractivity contribution in [3.05, 3.63) is 77.4 Å². The largest absolute Gasteiger partial charge is 0.274 e. The van der Waals surface area contributed by atoms with Gasteiger partial charge < -0.3 is 0 Å². The summed E-state index contributed by atoms with van der Waals surface area (Å²) in [5, 5.41) is 1.18. The van der Waals surface area contributed by atoms with Crippen molar-refractivity contribution in [1.82, 2.24) is 5.06 Å². The second-order valence-corrected chi connectivity index (χ2v) is 4.76. The van der Waals surface area contributed by atoms with Crippen molar-refractivity contribution in [2.75, 3.05) is 14.2 Å². The summed E-state index contributed by atoms with van der Waals surface area (Å²) in [6, 6.07) is 18.5. The number of nitrogens with zero attached hydrogens (tertiary/aromatic N) is 1. The molecule has 0 saturated carbocycles. The van der Waals surface area contributed by atoms with Crippen molar-refractivity contribution in [1.29, 1.82) is 0 Å². The zero-order valence-electron chi connectivity index (χ0n) is 12.3. The third-order valence-corrected chi connectivity index (χ3v) is 3.23. The number of likely N-dealkylation sites (N-methyl/N-ethyl adjacent to an activating group) is 1. The average Bonchev–Trinajstić information content (AvgIpc) is 2.54. The molecule has 0 radical (unpaired) electrons. The van der Waals surface area contributed by atoms with Crippen LogP contribution in [0.3, 0.4) is 0 Å². The molecule has 0 saturated heterocycles. The Balaban J connectivity index is 1.99. The first-order chi connectivity index (χ1) is 10.2. The highest BCUT2D eigenvalue weighted by atomic mass is 16.7. The van der Waals surface area contributed by atoms with Crippen LogP contribution in [-0.2, 0) is 16.1 Å². The lowest BCUT2D eigenvalue weighted by Crippen LogP contribution is -2.22. The van der Waals surface area contributed by atoms with E-state index in [1.807, 2.05) is 30.3 Å². The predicted octanol–water partition coefficient (Wildman–Crippen LogP) is 3.31. The highest BCUT2D eigenvalue weighted by molar-refractivity contribution is 5.90. The van der Waals surface area contributed by atoms with Crippen molar-refractivity contribution < 1.29 is 9.63 Å². The minimum absolute atomic E-state index is 0.189. The summed E-state index contributed by atoms with van der Waals surface area (Å²) in [7, 11) is 3.04. The molecule has 0 bridgehead atoms. The second kappa shape index (κ2) is 7.41. The molecule has 0 atom stereocenters. The summed E-state index contributed by atoms with van der Waals surface area (Å²) in [5.41, 5.74) is 3.53. The number of carbonyl (C=O) groups is 1. The minimum Gasteiger partial charge on any atom is -0.274 e. The van der Waals surface area contributed by atoms with Crippen LogP contribution in [0.25, 0.3) is 6.08 Å². The molecule has 0 fully saturated rings. The van der Waals surface area contributed by atoms with Crippen LogP contribution in [0.5, 0.6) is 0 Å². The summed E-state index contributed by atoms with van der Waals surface area (Å²) >= 11 is 0. The third kappa shape index (κ3) is 4.58. The molecule has 0 aliphatic rings. The molecule has 0 spiro atoms. The molecule has 2 aromatic carbocycles. The molecule has 2 rings (SSSR count). The van der Waals surface area contributed by atoms with Gasteiger partial charge in [0, 0.05) is 13.1 Å². The number of carbonyl (C=O) groups excluding carboxylic acids is 1. The molecular weight excluding hydrogens is 262 g/mol. The van der Waals surface area contributed by atoms with Gasteiger partial charge in [0.15, 0.2) is 0 Å². The number of rotatable bonds is 5. The Hall–Kier alpha value is -2.39. The van der Waals surface area contributed by atoms with Crippen LogP contribution < -0.4 is 0 Å². The summed E-state index contributed by atoms with van der Waals surface area (Å²) in [5.74, 6) is -0.189. The van der Waals surface area contributed by atoms with E-state index in [2.05, 4.69) is 24.3 Å². The van der Waals surface area contributed by atoms with Gasteiger partial charge in [-0.1, -0.05) is 54.6 Å². The molecule has 0 aliphatic heterocycles. The fourth-order valence-corrected chi connectivity index (χ4v) is 1.94. The van der Waals surface area contributed by atoms with Gasteiger partial charge in [-0.25, -0.2) is 5.06 Å². The van der Waals surface area contributed by atoms with Crippen LogP contribution in [0.15, 0.2) is 60.7 Å². The maximum atomic E-state index is 11.6. The summed E-state index contributed by atoms with van der Waals surface area (Å²) < 4.78 is 0. The van der Waals surface area contributed by atoms with Gasteiger partial charge >= 0.3 is 0 Å². The normalized spacial score (nSPS) is 10.8. The van der Waals surface area contributed by atoms with Gasteiger partial charge in [0.1, 0.15) is 0 Å². The first-order valence-corrected chi connectivity index (χ1v) is 6.82. The first kappa shape index (κ1) is 15.0. The molecule has 0 aliphatic carbocycles. The lowest BCUT2D eigenvalue weighted by molar-refractivity contribution is -0.162. The highest BCUT2D eigenvalue weighted by Gasteiger charge is 2.02. The van der Waals surface area contributed by atoms with E-state index in [1.54, 1.807) is 13.1 Å². The summed E-state index contributed by atoms with van der Waals surface area (Å²) in [6.07, 6.45) is 4.19. The van der Waals surface area contributed by atoms with Crippen LogP contribution in [0.4, 0.5) is 0 Å². The van der Waals surface area contributed by atoms with Gasteiger partial charge in [-0.05, 0) is 29.2 Å². The number of hydrogen-bond donors (Lipinski definition) is 0. The Labute approximate surface area is 125 Å². The van der Waals surface area contributed by atoms with Gasteiger partial charge in [-0.2, -0.15) is 0 Å². The van der Waals surface area contributed by atoms with E-state index >= 15 is 0 Å². The Morgan fingerprint density at radius 3 is 2.29 bits per heavy atom. The van der Waals surface area contributed by atoms with E-state index in [0.29, 0.717) is 0 Å². The first-order valence-electron chi connectivity index (χ1n) is 6.82. The molecule has 21 heavy (non-hydrogen) atoms. The SMILES string of the molecule is CON(C)C(=O)/C=C/c1ccc(Cc2ccccc2)cc1. The van der Waals surface area contributed by atoms with Gasteiger partial charge in [0.25, 0.3) is 5.91 Å². The minimum atomic E-state index is -0.189. The Bertz CT molecular complexity index is 603. The Morgan fingerprint density at radius 2 is 1.67 bits per heavy atom. The highest BCUT2D eigenvalue weighted by Crippen LogP contribution is 2.11. The van der Waals surface area contributed by atoms with Crippen molar-refractivity contribution >= 4 is 12.0 Å². The fourth-order valence-electron chi connectivity index (χ4n) is 1.94. The molecule has 0 aromatic heterocycles. The number of hydroxylamine groups is 2. The van der Waals surface area contributed by atoms with Crippen LogP contribution in [0.1, 0.15) is 16.7 Å². The molecule has 2 aromatic rings. The molecule has 1 amide bonds. The zero-order valence-corrected chi connectivity index (χ0v) is 12.3. The molecule has 3 heteroatoms. The van der Waals surface area contributed by atoms with E-state index in [-0.39, 0.29) is 5.91 Å². The fraction of sp³-hybridized carbons (Fsp3) is 0.167. The number of hydrogen-bond acceptors (Lipinski definition) is 2. The molecule has 0 heterocycles. The lowest BCUT2D eigenvalue weighted by Gasteiger charge is -2.10. The maximum absolute atomic E-state index is 11.6. The van der Waals surface area contributed by atoms with Gasteiger partial charge in [0.2, 0.25) is 0 Å². The van der Waals surface area contributed by atoms with Crippen LogP contribution in [0.2, 0.25) is 0 Å². The predicted molar refractivity (Wildman–Crippen MR) is 84.5 cm³/mol. The number of benzene rings is 2. The summed E-state index contributed by atoms with van der Waals surface area (Å²) in [6.45, 7) is 0. The van der Waals surface area contributed by atoms with E-state index in [1.165, 1.54) is 29.4 Å². The zero-order chi connectivity index (χ0) is 15.1. The smallest absolute Gasteiger partial charge is 0.269 e. The van der Waals surface area contributed by atoms with Crippen molar-refractivity contribution in [3.8, 4) is 0 Å². The van der Waals surface area contributed by atoms with Gasteiger partial charge in [0.05, 0.1) is 7.11 Å². The van der Waals surface area contributed by atoms with Crippen LogP contribution in [0, 0.1) is 0 Å². The van der Waals surface area contributed by atoms with Gasteiger partial charge in [-0.15, -0.1) is 0 Å². The lowest BCUT2D eigenvalue weighted by atomic mass is 10.0.